The third-order valence-electron chi connectivity index (χ3n) is 5.66. The number of methoxy groups -OCH3 is 1. The normalized spacial score (nSPS) is 11.6. The minimum Gasteiger partial charge on any atom is -0.497 e. The van der Waals surface area contributed by atoms with Gasteiger partial charge in [-0.15, -0.1) is 0 Å². The van der Waals surface area contributed by atoms with Crippen molar-refractivity contribution in [2.24, 2.45) is 0 Å². The van der Waals surface area contributed by atoms with Crippen LogP contribution in [0.2, 0.25) is 0 Å². The van der Waals surface area contributed by atoms with Gasteiger partial charge < -0.3 is 10.1 Å². The number of aryl methyl sites for hydroxylation is 1. The molecule has 0 aliphatic heterocycles. The van der Waals surface area contributed by atoms with Gasteiger partial charge in [0, 0.05) is 36.3 Å². The van der Waals surface area contributed by atoms with Crippen molar-refractivity contribution in [3.8, 4) is 16.9 Å². The summed E-state index contributed by atoms with van der Waals surface area (Å²) in [6.07, 6.45) is 5.21. The van der Waals surface area contributed by atoms with E-state index < -0.39 is 10.0 Å². The Morgan fingerprint density at radius 2 is 1.74 bits per heavy atom. The van der Waals surface area contributed by atoms with Crippen LogP contribution in [0, 0.1) is 0 Å². The highest BCUT2D eigenvalue weighted by Gasteiger charge is 2.18. The van der Waals surface area contributed by atoms with Crippen LogP contribution >= 0.6 is 0 Å². The summed E-state index contributed by atoms with van der Waals surface area (Å²) in [7, 11) is -2.03. The van der Waals surface area contributed by atoms with E-state index in [9.17, 15) is 8.42 Å². The maximum absolute atomic E-state index is 13.2. The Morgan fingerprint density at radius 1 is 0.882 bits per heavy atom. The van der Waals surface area contributed by atoms with E-state index in [1.54, 1.807) is 31.6 Å². The third kappa shape index (κ3) is 5.99. The second-order valence-electron chi connectivity index (χ2n) is 8.04. The average Bonchev–Trinajstić information content (AvgIpc) is 2.88. The fourth-order valence-corrected chi connectivity index (χ4v) is 5.20. The number of benzene rings is 3. The first-order valence-electron chi connectivity index (χ1n) is 11.3. The second-order valence-corrected chi connectivity index (χ2v) is 9.78. The highest BCUT2D eigenvalue weighted by atomic mass is 32.2. The molecule has 0 unspecified atom stereocenters. The summed E-state index contributed by atoms with van der Waals surface area (Å²) < 4.78 is 34.4. The first-order chi connectivity index (χ1) is 16.6. The topological polar surface area (TPSA) is 80.3 Å². The van der Waals surface area contributed by atoms with Crippen molar-refractivity contribution >= 4 is 20.8 Å². The zero-order valence-electron chi connectivity index (χ0n) is 19.2. The van der Waals surface area contributed by atoms with Gasteiger partial charge in [-0.1, -0.05) is 42.5 Å². The molecule has 0 saturated carbocycles. The van der Waals surface area contributed by atoms with Crippen LogP contribution in [0.15, 0.2) is 90.1 Å². The van der Waals surface area contributed by atoms with Crippen LogP contribution in [-0.2, 0) is 16.4 Å². The molecule has 0 aliphatic carbocycles. The second kappa shape index (κ2) is 11.2. The van der Waals surface area contributed by atoms with Crippen molar-refractivity contribution in [2.75, 3.05) is 26.7 Å². The van der Waals surface area contributed by atoms with E-state index in [4.69, 9.17) is 4.74 Å². The molecule has 0 radical (unpaired) electrons. The first-order valence-corrected chi connectivity index (χ1v) is 12.8. The Balaban J connectivity index is 1.36. The SMILES string of the molecule is COc1cccc(CCCNCCNS(=O)(=O)c2cc(-c3ccccc3)cc3cnccc23)c1. The van der Waals surface area contributed by atoms with E-state index in [0.717, 1.165) is 41.6 Å². The molecule has 0 amide bonds. The van der Waals surface area contributed by atoms with Gasteiger partial charge in [0.05, 0.1) is 12.0 Å². The van der Waals surface area contributed by atoms with E-state index in [0.29, 0.717) is 18.5 Å². The van der Waals surface area contributed by atoms with Gasteiger partial charge in [-0.25, -0.2) is 13.1 Å². The average molecular weight is 476 g/mol. The lowest BCUT2D eigenvalue weighted by Gasteiger charge is -2.13. The van der Waals surface area contributed by atoms with Crippen LogP contribution in [0.4, 0.5) is 0 Å². The minimum absolute atomic E-state index is 0.268. The molecule has 0 fully saturated rings. The van der Waals surface area contributed by atoms with Gasteiger partial charge in [0.25, 0.3) is 0 Å². The maximum atomic E-state index is 13.2. The van der Waals surface area contributed by atoms with Gasteiger partial charge in [0.2, 0.25) is 10.0 Å². The van der Waals surface area contributed by atoms with Crippen molar-refractivity contribution in [2.45, 2.75) is 17.7 Å². The molecular formula is C27H29N3O3S. The summed E-state index contributed by atoms with van der Waals surface area (Å²) >= 11 is 0. The minimum atomic E-state index is -3.69. The molecule has 3 aromatic carbocycles. The molecule has 0 spiro atoms. The molecule has 2 N–H and O–H groups in total. The summed E-state index contributed by atoms with van der Waals surface area (Å²) in [6.45, 7) is 1.66. The van der Waals surface area contributed by atoms with Crippen molar-refractivity contribution in [3.63, 3.8) is 0 Å². The van der Waals surface area contributed by atoms with Crippen LogP contribution in [0.5, 0.6) is 5.75 Å². The van der Waals surface area contributed by atoms with E-state index in [2.05, 4.69) is 21.1 Å². The number of nitrogens with one attached hydrogen (secondary N) is 2. The van der Waals surface area contributed by atoms with E-state index in [-0.39, 0.29) is 4.90 Å². The number of sulfonamides is 1. The van der Waals surface area contributed by atoms with Crippen LogP contribution in [-0.4, -0.2) is 40.1 Å². The maximum Gasteiger partial charge on any atom is 0.241 e. The number of pyridine rings is 1. The molecule has 1 aromatic heterocycles. The number of ether oxygens (including phenoxy) is 1. The molecule has 4 rings (SSSR count). The van der Waals surface area contributed by atoms with Crippen LogP contribution in [0.25, 0.3) is 21.9 Å². The molecule has 0 bridgehead atoms. The molecular weight excluding hydrogens is 446 g/mol. The van der Waals surface area contributed by atoms with Gasteiger partial charge in [-0.05, 0) is 66.4 Å². The van der Waals surface area contributed by atoms with Crippen molar-refractivity contribution < 1.29 is 13.2 Å². The molecule has 6 nitrogen and oxygen atoms in total. The Morgan fingerprint density at radius 3 is 2.56 bits per heavy atom. The Kier molecular flexibility index (Phi) is 7.90. The zero-order chi connectivity index (χ0) is 23.8. The summed E-state index contributed by atoms with van der Waals surface area (Å²) in [6, 6.07) is 23.3. The molecule has 0 aliphatic rings. The molecule has 0 saturated heterocycles. The molecule has 7 heteroatoms. The predicted octanol–water partition coefficient (Wildman–Crippen LogP) is 4.41. The van der Waals surface area contributed by atoms with Gasteiger partial charge in [-0.3, -0.25) is 4.98 Å². The van der Waals surface area contributed by atoms with Gasteiger partial charge >= 0.3 is 0 Å². The van der Waals surface area contributed by atoms with Crippen LogP contribution < -0.4 is 14.8 Å². The lowest BCUT2D eigenvalue weighted by Crippen LogP contribution is -2.32. The molecule has 34 heavy (non-hydrogen) atoms. The van der Waals surface area contributed by atoms with Gasteiger partial charge in [0.15, 0.2) is 0 Å². The summed E-state index contributed by atoms with van der Waals surface area (Å²) in [5.74, 6) is 0.861. The van der Waals surface area contributed by atoms with Crippen LogP contribution in [0.1, 0.15) is 12.0 Å². The number of rotatable bonds is 11. The lowest BCUT2D eigenvalue weighted by molar-refractivity contribution is 0.414. The summed E-state index contributed by atoms with van der Waals surface area (Å²) in [5.41, 5.74) is 3.03. The monoisotopic (exact) mass is 475 g/mol. The highest BCUT2D eigenvalue weighted by molar-refractivity contribution is 7.89. The van der Waals surface area contributed by atoms with Crippen molar-refractivity contribution in [1.82, 2.24) is 15.0 Å². The summed E-state index contributed by atoms with van der Waals surface area (Å²) in [5, 5.41) is 4.77. The number of fused-ring (bicyclic) bond motifs is 1. The molecule has 4 aromatic rings. The Labute approximate surface area is 201 Å². The molecule has 176 valence electrons. The van der Waals surface area contributed by atoms with Crippen molar-refractivity contribution in [3.05, 3.63) is 90.8 Å². The van der Waals surface area contributed by atoms with E-state index >= 15 is 0 Å². The third-order valence-corrected chi connectivity index (χ3v) is 7.16. The lowest BCUT2D eigenvalue weighted by atomic mass is 10.0. The molecule has 0 atom stereocenters. The molecule has 1 heterocycles. The number of hydrogen-bond acceptors (Lipinski definition) is 5. The van der Waals surface area contributed by atoms with Crippen molar-refractivity contribution in [1.29, 1.82) is 0 Å². The standard InChI is InChI=1S/C27H29N3O3S/c1-33-25-11-5-7-21(17-25)8-6-13-28-15-16-30-34(31,32)27-19-23(22-9-3-2-4-10-22)18-24-20-29-14-12-26(24)27/h2-5,7,9-12,14,17-20,28,30H,6,8,13,15-16H2,1H3. The van der Waals surface area contributed by atoms with E-state index in [1.807, 2.05) is 54.6 Å². The Bertz CT molecular complexity index is 1340. The largest absolute Gasteiger partial charge is 0.497 e. The zero-order valence-corrected chi connectivity index (χ0v) is 20.0. The van der Waals surface area contributed by atoms with Crippen LogP contribution in [0.3, 0.4) is 0 Å². The Hall–Kier alpha value is -3.26. The van der Waals surface area contributed by atoms with E-state index in [1.165, 1.54) is 5.56 Å². The summed E-state index contributed by atoms with van der Waals surface area (Å²) in [4.78, 5) is 4.44. The number of hydrogen-bond donors (Lipinski definition) is 2. The van der Waals surface area contributed by atoms with Gasteiger partial charge in [0.1, 0.15) is 5.75 Å². The fraction of sp³-hybridized carbons (Fsp3) is 0.222. The quantitative estimate of drug-likeness (QED) is 0.314. The predicted molar refractivity (Wildman–Crippen MR) is 137 cm³/mol. The smallest absolute Gasteiger partial charge is 0.241 e. The number of aromatic nitrogens is 1. The first kappa shape index (κ1) is 23.9. The van der Waals surface area contributed by atoms with Gasteiger partial charge in [-0.2, -0.15) is 0 Å². The highest BCUT2D eigenvalue weighted by Crippen LogP contribution is 2.30. The number of nitrogens with zero attached hydrogens (tertiary/aromatic N) is 1. The fourth-order valence-electron chi connectivity index (χ4n) is 3.92.